The van der Waals surface area contributed by atoms with Gasteiger partial charge in [0.25, 0.3) is 0 Å². The molecule has 0 bridgehead atoms. The zero-order valence-electron chi connectivity index (χ0n) is 25.1. The van der Waals surface area contributed by atoms with Crippen LogP contribution in [0.5, 0.6) is 11.5 Å². The Morgan fingerprint density at radius 3 is 2.07 bits per heavy atom. The lowest BCUT2D eigenvalue weighted by Gasteiger charge is -2.13. The Kier molecular flexibility index (Phi) is 9.29. The minimum absolute atomic E-state index is 0.295. The molecule has 44 heavy (non-hydrogen) atoms. The van der Waals surface area contributed by atoms with Crippen LogP contribution >= 0.6 is 11.6 Å². The second-order valence-electron chi connectivity index (χ2n) is 10.1. The minimum Gasteiger partial charge on any atom is -0.497 e. The summed E-state index contributed by atoms with van der Waals surface area (Å²) in [6, 6.07) is 5.66. The zero-order valence-corrected chi connectivity index (χ0v) is 25.9. The van der Waals surface area contributed by atoms with Gasteiger partial charge in [-0.3, -0.25) is 0 Å². The van der Waals surface area contributed by atoms with Gasteiger partial charge in [-0.15, -0.1) is 0 Å². The fourth-order valence-electron chi connectivity index (χ4n) is 4.76. The van der Waals surface area contributed by atoms with Crippen LogP contribution in [0.15, 0.2) is 30.9 Å². The normalized spacial score (nSPS) is 12.5. The number of ether oxygens (including phenoxy) is 4. The van der Waals surface area contributed by atoms with Gasteiger partial charge in [-0.1, -0.05) is 11.6 Å². The summed E-state index contributed by atoms with van der Waals surface area (Å²) in [5.41, 5.74) is 6.02. The van der Waals surface area contributed by atoms with Crippen LogP contribution in [-0.2, 0) is 9.47 Å². The second-order valence-corrected chi connectivity index (χ2v) is 10.5. The summed E-state index contributed by atoms with van der Waals surface area (Å²) in [5, 5.41) is 0.295. The molecule has 4 heterocycles. The Labute approximate surface area is 258 Å². The molecule has 0 saturated heterocycles. The standard InChI is InChI=1S/C21H23N3O4.C10H10ClN3O2/c1-4-27-21(25)17-12(2)24-20-18(22-11-23-19(17)20)15-8-7-14(26-3)9-16(15)28-10-13-5-6-13;1-3-16-10(15)6-5(2)14-8-7(6)12-4-13-9(8)11/h7-9,11,13,24H,4-6,10H2,1-3H3;4,14H,3H2,1-2H3. The molecule has 0 atom stereocenters. The number of rotatable bonds is 9. The SMILES string of the molecule is CCOC(=O)c1c(C)[nH]c2c(-c3ccc(OC)cc3OCC3CC3)ncnc12.CCOC(=O)c1c(C)[nH]c2c(Cl)ncnc12. The molecule has 1 aliphatic rings. The topological polar surface area (TPSA) is 154 Å². The van der Waals surface area contributed by atoms with Gasteiger partial charge in [0.1, 0.15) is 57.5 Å². The van der Waals surface area contributed by atoms with Crippen LogP contribution in [-0.4, -0.2) is 68.8 Å². The van der Waals surface area contributed by atoms with Crippen LogP contribution in [0.4, 0.5) is 0 Å². The highest BCUT2D eigenvalue weighted by atomic mass is 35.5. The molecule has 1 aromatic carbocycles. The molecule has 0 spiro atoms. The third kappa shape index (κ3) is 6.30. The maximum atomic E-state index is 12.4. The Morgan fingerprint density at radius 2 is 1.48 bits per heavy atom. The van der Waals surface area contributed by atoms with E-state index < -0.39 is 11.9 Å². The Hall–Kier alpha value is -4.71. The Bertz CT molecular complexity index is 1830. The highest BCUT2D eigenvalue weighted by Gasteiger charge is 2.25. The van der Waals surface area contributed by atoms with E-state index in [0.717, 1.165) is 11.3 Å². The predicted octanol–water partition coefficient (Wildman–Crippen LogP) is 6.00. The van der Waals surface area contributed by atoms with Gasteiger partial charge in [0.2, 0.25) is 0 Å². The van der Waals surface area contributed by atoms with E-state index in [9.17, 15) is 9.59 Å². The van der Waals surface area contributed by atoms with Gasteiger partial charge in [-0.2, -0.15) is 0 Å². The first-order chi connectivity index (χ1) is 21.3. The van der Waals surface area contributed by atoms with E-state index in [1.165, 1.54) is 25.5 Å². The summed E-state index contributed by atoms with van der Waals surface area (Å²) in [6.07, 6.45) is 5.19. The summed E-state index contributed by atoms with van der Waals surface area (Å²) in [5.74, 6) is 1.25. The average Bonchev–Trinajstić information content (AvgIpc) is 3.68. The first kappa shape index (κ1) is 30.7. The van der Waals surface area contributed by atoms with Crippen LogP contribution in [0.25, 0.3) is 33.3 Å². The monoisotopic (exact) mass is 620 g/mol. The van der Waals surface area contributed by atoms with Crippen molar-refractivity contribution in [2.45, 2.75) is 40.5 Å². The highest BCUT2D eigenvalue weighted by molar-refractivity contribution is 6.34. The lowest BCUT2D eigenvalue weighted by Crippen LogP contribution is -2.06. The number of halogens is 1. The number of aryl methyl sites for hydroxylation is 2. The maximum Gasteiger partial charge on any atom is 0.342 e. The summed E-state index contributed by atoms with van der Waals surface area (Å²) in [7, 11) is 1.63. The number of H-pyrrole nitrogens is 2. The number of fused-ring (bicyclic) bond motifs is 2. The highest BCUT2D eigenvalue weighted by Crippen LogP contribution is 2.38. The molecule has 2 N–H and O–H groups in total. The number of carbonyl (C=O) groups excluding carboxylic acids is 2. The smallest absolute Gasteiger partial charge is 0.342 e. The summed E-state index contributed by atoms with van der Waals surface area (Å²) in [4.78, 5) is 47.0. The van der Waals surface area contributed by atoms with Crippen LogP contribution in [0.1, 0.15) is 58.8 Å². The molecule has 0 amide bonds. The fourth-order valence-corrected chi connectivity index (χ4v) is 4.94. The number of hydrogen-bond donors (Lipinski definition) is 2. The van der Waals surface area contributed by atoms with Crippen molar-refractivity contribution >= 4 is 45.6 Å². The van der Waals surface area contributed by atoms with E-state index in [-0.39, 0.29) is 0 Å². The lowest BCUT2D eigenvalue weighted by molar-refractivity contribution is 0.0517. The third-order valence-electron chi connectivity index (χ3n) is 7.07. The van der Waals surface area contributed by atoms with Gasteiger partial charge in [-0.05, 0) is 58.6 Å². The van der Waals surface area contributed by atoms with Crippen molar-refractivity contribution in [3.63, 3.8) is 0 Å². The molecule has 12 nitrogen and oxygen atoms in total. The number of nitrogens with one attached hydrogen (secondary N) is 2. The number of benzene rings is 1. The largest absolute Gasteiger partial charge is 0.497 e. The molecule has 0 aliphatic heterocycles. The Morgan fingerprint density at radius 1 is 0.886 bits per heavy atom. The molecule has 0 unspecified atom stereocenters. The molecular weight excluding hydrogens is 588 g/mol. The van der Waals surface area contributed by atoms with Crippen molar-refractivity contribution in [2.75, 3.05) is 26.9 Å². The summed E-state index contributed by atoms with van der Waals surface area (Å²) in [6.45, 7) is 8.43. The van der Waals surface area contributed by atoms with E-state index in [1.54, 1.807) is 27.9 Å². The number of aromatic nitrogens is 6. The Balaban J connectivity index is 0.000000204. The first-order valence-corrected chi connectivity index (χ1v) is 14.6. The minimum atomic E-state index is -0.402. The van der Waals surface area contributed by atoms with Crippen molar-refractivity contribution in [3.05, 3.63) is 58.5 Å². The van der Waals surface area contributed by atoms with Crippen LogP contribution in [0.2, 0.25) is 5.15 Å². The number of hydrogen-bond acceptors (Lipinski definition) is 10. The van der Waals surface area contributed by atoms with Gasteiger partial charge in [0.05, 0.1) is 32.4 Å². The quantitative estimate of drug-likeness (QED) is 0.148. The van der Waals surface area contributed by atoms with E-state index in [4.69, 9.17) is 30.5 Å². The first-order valence-electron chi connectivity index (χ1n) is 14.2. The second kappa shape index (κ2) is 13.3. The number of aromatic amines is 2. The van der Waals surface area contributed by atoms with Crippen molar-refractivity contribution in [1.82, 2.24) is 29.9 Å². The van der Waals surface area contributed by atoms with Gasteiger partial charge >= 0.3 is 11.9 Å². The number of nitrogens with zero attached hydrogens (tertiary/aromatic N) is 4. The van der Waals surface area contributed by atoms with Crippen molar-refractivity contribution in [1.29, 1.82) is 0 Å². The predicted molar refractivity (Wildman–Crippen MR) is 164 cm³/mol. The molecule has 4 aromatic heterocycles. The summed E-state index contributed by atoms with van der Waals surface area (Å²) >= 11 is 5.89. The molecular formula is C31H33ClN6O6. The fraction of sp³-hybridized carbons (Fsp3) is 0.355. The van der Waals surface area contributed by atoms with E-state index in [2.05, 4.69) is 29.9 Å². The van der Waals surface area contributed by atoms with Gasteiger partial charge in [0, 0.05) is 23.0 Å². The van der Waals surface area contributed by atoms with Crippen LogP contribution < -0.4 is 9.47 Å². The zero-order chi connectivity index (χ0) is 31.4. The summed E-state index contributed by atoms with van der Waals surface area (Å²) < 4.78 is 21.6. The van der Waals surface area contributed by atoms with E-state index >= 15 is 0 Å². The molecule has 0 radical (unpaired) electrons. The molecule has 6 rings (SSSR count). The van der Waals surface area contributed by atoms with Gasteiger partial charge in [0.15, 0.2) is 5.15 Å². The van der Waals surface area contributed by atoms with Crippen molar-refractivity contribution < 1.29 is 28.5 Å². The van der Waals surface area contributed by atoms with Gasteiger partial charge in [-0.25, -0.2) is 29.5 Å². The van der Waals surface area contributed by atoms with Crippen LogP contribution in [0.3, 0.4) is 0 Å². The van der Waals surface area contributed by atoms with E-state index in [0.29, 0.717) is 86.9 Å². The average molecular weight is 621 g/mol. The maximum absolute atomic E-state index is 12.4. The molecule has 1 fully saturated rings. The van der Waals surface area contributed by atoms with Crippen molar-refractivity contribution in [3.8, 4) is 22.8 Å². The molecule has 1 aliphatic carbocycles. The molecule has 5 aromatic rings. The van der Waals surface area contributed by atoms with Crippen LogP contribution in [0, 0.1) is 19.8 Å². The number of methoxy groups -OCH3 is 1. The number of carbonyl (C=O) groups is 2. The van der Waals surface area contributed by atoms with E-state index in [1.807, 2.05) is 25.1 Å². The van der Waals surface area contributed by atoms with Crippen molar-refractivity contribution in [2.24, 2.45) is 5.92 Å². The van der Waals surface area contributed by atoms with Gasteiger partial charge < -0.3 is 28.9 Å². The third-order valence-corrected chi connectivity index (χ3v) is 7.36. The molecule has 1 saturated carbocycles. The lowest BCUT2D eigenvalue weighted by atomic mass is 10.1. The molecule has 13 heteroatoms. The molecule has 230 valence electrons. The number of esters is 2.